The molecular weight excluding hydrogens is 292 g/mol. The largest absolute Gasteiger partial charge is 0.326 e. The van der Waals surface area contributed by atoms with Crippen LogP contribution >= 0.6 is 0 Å². The zero-order valence-electron chi connectivity index (χ0n) is 12.6. The van der Waals surface area contributed by atoms with E-state index in [1.165, 1.54) is 19.1 Å². The van der Waals surface area contributed by atoms with Crippen LogP contribution in [0.4, 0.5) is 11.4 Å². The van der Waals surface area contributed by atoms with Gasteiger partial charge in [0.25, 0.3) is 5.69 Å². The van der Waals surface area contributed by atoms with Crippen molar-refractivity contribution in [2.75, 3.05) is 5.32 Å². The fourth-order valence-electron chi connectivity index (χ4n) is 1.96. The van der Waals surface area contributed by atoms with Crippen LogP contribution in [0.1, 0.15) is 18.1 Å². The first kappa shape index (κ1) is 16.2. The van der Waals surface area contributed by atoms with Crippen LogP contribution in [-0.2, 0) is 4.79 Å². The number of benzene rings is 2. The molecule has 0 saturated carbocycles. The summed E-state index contributed by atoms with van der Waals surface area (Å²) in [4.78, 5) is 21.2. The second kappa shape index (κ2) is 7.70. The van der Waals surface area contributed by atoms with Gasteiger partial charge in [-0.05, 0) is 23.3 Å². The van der Waals surface area contributed by atoms with Crippen LogP contribution in [0.3, 0.4) is 0 Å². The van der Waals surface area contributed by atoms with Gasteiger partial charge in [-0.1, -0.05) is 48.6 Å². The van der Waals surface area contributed by atoms with Crippen molar-refractivity contribution in [3.05, 3.63) is 81.9 Å². The first-order valence-electron chi connectivity index (χ1n) is 7.01. The third-order valence-electron chi connectivity index (χ3n) is 3.00. The highest BCUT2D eigenvalue weighted by Crippen LogP contribution is 2.14. The first-order chi connectivity index (χ1) is 11.0. The number of hydrogen-bond donors (Lipinski definition) is 1. The minimum absolute atomic E-state index is 0.0738. The van der Waals surface area contributed by atoms with E-state index in [-0.39, 0.29) is 11.6 Å². The number of amides is 1. The van der Waals surface area contributed by atoms with Gasteiger partial charge in [0.1, 0.15) is 0 Å². The van der Waals surface area contributed by atoms with Gasteiger partial charge in [0.05, 0.1) is 4.92 Å². The molecular formula is C18H16N2O3. The van der Waals surface area contributed by atoms with E-state index in [4.69, 9.17) is 0 Å². The Morgan fingerprint density at radius 1 is 1.04 bits per heavy atom. The highest BCUT2D eigenvalue weighted by atomic mass is 16.6. The van der Waals surface area contributed by atoms with Gasteiger partial charge < -0.3 is 5.32 Å². The molecule has 0 radical (unpaired) electrons. The van der Waals surface area contributed by atoms with Crippen molar-refractivity contribution >= 4 is 29.4 Å². The van der Waals surface area contributed by atoms with E-state index >= 15 is 0 Å². The highest BCUT2D eigenvalue weighted by molar-refractivity contribution is 5.88. The summed E-state index contributed by atoms with van der Waals surface area (Å²) in [5.74, 6) is -0.104. The van der Waals surface area contributed by atoms with Crippen LogP contribution in [0.5, 0.6) is 0 Å². The fourth-order valence-corrected chi connectivity index (χ4v) is 1.96. The molecule has 2 aromatic carbocycles. The lowest BCUT2D eigenvalue weighted by Gasteiger charge is -2.01. The van der Waals surface area contributed by atoms with Crippen LogP contribution in [0.15, 0.2) is 60.7 Å². The number of carbonyl (C=O) groups is 1. The molecule has 23 heavy (non-hydrogen) atoms. The Balaban J connectivity index is 1.99. The molecule has 1 amide bonds. The predicted molar refractivity (Wildman–Crippen MR) is 91.9 cm³/mol. The van der Waals surface area contributed by atoms with Crippen LogP contribution in [-0.4, -0.2) is 10.8 Å². The average molecular weight is 308 g/mol. The van der Waals surface area contributed by atoms with Crippen molar-refractivity contribution < 1.29 is 9.72 Å². The van der Waals surface area contributed by atoms with Crippen LogP contribution in [0.25, 0.3) is 12.2 Å². The molecule has 5 heteroatoms. The fraction of sp³-hybridized carbons (Fsp3) is 0.0556. The van der Waals surface area contributed by atoms with Crippen molar-refractivity contribution in [2.45, 2.75) is 6.92 Å². The van der Waals surface area contributed by atoms with E-state index in [9.17, 15) is 14.9 Å². The van der Waals surface area contributed by atoms with Gasteiger partial charge in [-0.25, -0.2) is 0 Å². The summed E-state index contributed by atoms with van der Waals surface area (Å²) in [7, 11) is 0. The third-order valence-corrected chi connectivity index (χ3v) is 3.00. The minimum Gasteiger partial charge on any atom is -0.326 e. The predicted octanol–water partition coefficient (Wildman–Crippen LogP) is 4.28. The summed E-state index contributed by atoms with van der Waals surface area (Å²) in [6, 6.07) is 13.9. The summed E-state index contributed by atoms with van der Waals surface area (Å²) in [6.07, 6.45) is 7.38. The average Bonchev–Trinajstić information content (AvgIpc) is 2.53. The molecule has 0 heterocycles. The van der Waals surface area contributed by atoms with Crippen molar-refractivity contribution in [3.63, 3.8) is 0 Å². The number of rotatable bonds is 5. The SMILES string of the molecule is CC(=O)Nc1ccc(/C=C/C=C\c2cccc([N+](=O)[O-])c2)cc1. The van der Waals surface area contributed by atoms with Crippen LogP contribution in [0.2, 0.25) is 0 Å². The standard InChI is InChI=1S/C18H16N2O3/c1-14(21)19-17-11-9-15(10-12-17)5-2-3-6-16-7-4-8-18(13-16)20(22)23/h2-13H,1H3,(H,19,21)/b5-2+,6-3-. The van der Waals surface area contributed by atoms with Gasteiger partial charge in [-0.2, -0.15) is 0 Å². The molecule has 0 fully saturated rings. The van der Waals surface area contributed by atoms with E-state index in [1.54, 1.807) is 18.2 Å². The van der Waals surface area contributed by atoms with E-state index in [0.29, 0.717) is 0 Å². The molecule has 2 rings (SSSR count). The smallest absolute Gasteiger partial charge is 0.270 e. The van der Waals surface area contributed by atoms with Gasteiger partial charge >= 0.3 is 0 Å². The molecule has 0 aliphatic carbocycles. The Morgan fingerprint density at radius 3 is 2.30 bits per heavy atom. The lowest BCUT2D eigenvalue weighted by molar-refractivity contribution is -0.384. The molecule has 0 aromatic heterocycles. The van der Waals surface area contributed by atoms with Gasteiger partial charge in [0, 0.05) is 24.7 Å². The van der Waals surface area contributed by atoms with Crippen LogP contribution < -0.4 is 5.32 Å². The van der Waals surface area contributed by atoms with Crippen molar-refractivity contribution in [1.29, 1.82) is 0 Å². The zero-order valence-corrected chi connectivity index (χ0v) is 12.6. The van der Waals surface area contributed by atoms with Crippen molar-refractivity contribution in [2.24, 2.45) is 0 Å². The number of hydrogen-bond acceptors (Lipinski definition) is 3. The topological polar surface area (TPSA) is 72.2 Å². The maximum Gasteiger partial charge on any atom is 0.270 e. The molecule has 1 N–H and O–H groups in total. The number of nitro benzene ring substituents is 1. The second-order valence-electron chi connectivity index (χ2n) is 4.87. The Labute approximate surface area is 134 Å². The summed E-state index contributed by atoms with van der Waals surface area (Å²) in [5.41, 5.74) is 2.58. The van der Waals surface area contributed by atoms with Crippen molar-refractivity contribution in [3.8, 4) is 0 Å². The number of non-ortho nitro benzene ring substituents is 1. The van der Waals surface area contributed by atoms with Gasteiger partial charge in [-0.15, -0.1) is 0 Å². The Bertz CT molecular complexity index is 762. The normalized spacial score (nSPS) is 11.0. The summed E-state index contributed by atoms with van der Waals surface area (Å²) in [6.45, 7) is 1.46. The third kappa shape index (κ3) is 5.24. The highest BCUT2D eigenvalue weighted by Gasteiger charge is 2.03. The molecule has 0 bridgehead atoms. The van der Waals surface area contributed by atoms with Gasteiger partial charge in [0.2, 0.25) is 5.91 Å². The van der Waals surface area contributed by atoms with E-state index in [2.05, 4.69) is 5.32 Å². The zero-order chi connectivity index (χ0) is 16.7. The maximum absolute atomic E-state index is 10.9. The van der Waals surface area contributed by atoms with Gasteiger partial charge in [-0.3, -0.25) is 14.9 Å². The summed E-state index contributed by atoms with van der Waals surface area (Å²) < 4.78 is 0. The van der Waals surface area contributed by atoms with E-state index in [1.807, 2.05) is 42.5 Å². The number of allylic oxidation sites excluding steroid dienone is 2. The first-order valence-corrected chi connectivity index (χ1v) is 7.01. The minimum atomic E-state index is -0.413. The lowest BCUT2D eigenvalue weighted by Crippen LogP contribution is -2.05. The molecule has 2 aromatic rings. The number of nitrogens with one attached hydrogen (secondary N) is 1. The number of nitrogens with zero attached hydrogens (tertiary/aromatic N) is 1. The van der Waals surface area contributed by atoms with Crippen molar-refractivity contribution in [1.82, 2.24) is 0 Å². The Hall–Kier alpha value is -3.21. The monoisotopic (exact) mass is 308 g/mol. The van der Waals surface area contributed by atoms with E-state index in [0.717, 1.165) is 16.8 Å². The molecule has 116 valence electrons. The number of carbonyl (C=O) groups excluding carboxylic acids is 1. The van der Waals surface area contributed by atoms with Gasteiger partial charge in [0.15, 0.2) is 0 Å². The molecule has 0 aliphatic rings. The lowest BCUT2D eigenvalue weighted by atomic mass is 10.1. The van der Waals surface area contributed by atoms with E-state index < -0.39 is 4.92 Å². The second-order valence-corrected chi connectivity index (χ2v) is 4.87. The summed E-state index contributed by atoms with van der Waals surface area (Å²) in [5, 5.41) is 13.4. The number of nitro groups is 1. The Kier molecular flexibility index (Phi) is 5.41. The summed E-state index contributed by atoms with van der Waals surface area (Å²) >= 11 is 0. The molecule has 0 aliphatic heterocycles. The Morgan fingerprint density at radius 2 is 1.70 bits per heavy atom. The van der Waals surface area contributed by atoms with Crippen LogP contribution in [0, 0.1) is 10.1 Å². The number of anilines is 1. The molecule has 5 nitrogen and oxygen atoms in total. The quantitative estimate of drug-likeness (QED) is 0.509. The molecule has 0 atom stereocenters. The molecule has 0 saturated heterocycles. The molecule has 0 unspecified atom stereocenters. The maximum atomic E-state index is 10.9. The molecule has 0 spiro atoms.